The Kier molecular flexibility index (Phi) is 12.8. The number of hydrogen-bond donors (Lipinski definition) is 2. The van der Waals surface area contributed by atoms with Crippen molar-refractivity contribution >= 4 is 138 Å². The molecule has 0 spiro atoms. The number of fused-ring (bicyclic) bond motifs is 8. The van der Waals surface area contributed by atoms with E-state index < -0.39 is 41.7 Å². The summed E-state index contributed by atoms with van der Waals surface area (Å²) in [5, 5.41) is -4.25. The summed E-state index contributed by atoms with van der Waals surface area (Å²) in [5.74, 6) is 0. The second-order valence-corrected chi connectivity index (χ2v) is 23.9. The number of aromatic amines is 2. The Bertz CT molecular complexity index is 3310. The van der Waals surface area contributed by atoms with Crippen LogP contribution >= 0.6 is 0 Å². The van der Waals surface area contributed by atoms with Crippen LogP contribution in [0, 0.1) is 0 Å². The molecule has 20 radical (unpaired) electrons. The van der Waals surface area contributed by atoms with Gasteiger partial charge in [-0.2, -0.15) is 0 Å². The van der Waals surface area contributed by atoms with E-state index in [1.807, 2.05) is 56.8 Å². The van der Waals surface area contributed by atoms with Gasteiger partial charge >= 0.3 is 51.4 Å². The van der Waals surface area contributed by atoms with E-state index in [4.69, 9.17) is 72.7 Å². The predicted molar refractivity (Wildman–Crippen MR) is 329 cm³/mol. The largest absolute Gasteiger partial charge is 1.00 e. The zero-order valence-electron chi connectivity index (χ0n) is 44.5. The molecule has 3 aromatic heterocycles. The van der Waals surface area contributed by atoms with E-state index >= 15 is 0 Å². The summed E-state index contributed by atoms with van der Waals surface area (Å²) in [6.07, 6.45) is 11.0. The fraction of sp³-hybridized carbons (Fsp3) is 0.267. The third-order valence-electron chi connectivity index (χ3n) is 17.6. The molecule has 6 aliphatic heterocycles. The van der Waals surface area contributed by atoms with Gasteiger partial charge in [-0.15, -0.1) is 20.9 Å². The molecule has 17 heteroatoms. The van der Waals surface area contributed by atoms with Crippen molar-refractivity contribution in [1.82, 2.24) is 19.9 Å². The van der Waals surface area contributed by atoms with Crippen LogP contribution < -0.4 is 51.4 Å². The first-order chi connectivity index (χ1) is 35.9. The molecule has 7 aromatic rings. The first kappa shape index (κ1) is 53.5. The molecule has 0 amide bonds. The van der Waals surface area contributed by atoms with Gasteiger partial charge in [-0.05, 0) is 119 Å². The van der Waals surface area contributed by atoms with Crippen molar-refractivity contribution in [3.8, 4) is 44.5 Å². The van der Waals surface area contributed by atoms with Crippen LogP contribution in [0.2, 0.25) is 41.7 Å². The van der Waals surface area contributed by atoms with Gasteiger partial charge in [-0.3, -0.25) is 0 Å². The van der Waals surface area contributed by atoms with Crippen molar-refractivity contribution < 1.29 is 51.4 Å². The summed E-state index contributed by atoms with van der Waals surface area (Å²) < 4.78 is 0. The average Bonchev–Trinajstić information content (AvgIpc) is 4.02. The number of nitrogens with one attached hydrogen (secondary N) is 2. The molecule has 4 aromatic carbocycles. The number of rotatable bonds is 12. The predicted octanol–water partition coefficient (Wildman–Crippen LogP) is 7.73. The summed E-state index contributed by atoms with van der Waals surface area (Å²) in [4.78, 5) is 18.9. The molecule has 4 saturated heterocycles. The normalized spacial score (nSPS) is 29.8. The van der Waals surface area contributed by atoms with Crippen molar-refractivity contribution in [1.29, 1.82) is 0 Å². The molecule has 9 heterocycles. The Balaban J connectivity index is 0.00000596. The fourth-order valence-corrected chi connectivity index (χ4v) is 11.9. The Labute approximate surface area is 510 Å². The van der Waals surface area contributed by atoms with E-state index in [2.05, 4.69) is 156 Å². The molecular formula is C60H46B12KN4+. The van der Waals surface area contributed by atoms with Crippen molar-refractivity contribution in [2.24, 2.45) is 0 Å². The molecule has 4 nitrogen and oxygen atoms in total. The third-order valence-corrected chi connectivity index (χ3v) is 17.6. The Morgan fingerprint density at radius 1 is 0.325 bits per heavy atom. The molecule has 6 aliphatic rings. The van der Waals surface area contributed by atoms with Gasteiger partial charge in [0.2, 0.25) is 0 Å². The number of benzene rings is 4. The Morgan fingerprint density at radius 3 is 0.675 bits per heavy atom. The van der Waals surface area contributed by atoms with Crippen LogP contribution in [0.3, 0.4) is 0 Å². The average molecular weight is 992 g/mol. The molecule has 342 valence electrons. The number of hydrogen-bond acceptors (Lipinski definition) is 2. The van der Waals surface area contributed by atoms with Crippen LogP contribution in [-0.2, 0) is 25.7 Å². The number of nitrogens with zero attached hydrogens (tertiary/aromatic N) is 2. The monoisotopic (exact) mass is 993 g/mol. The van der Waals surface area contributed by atoms with Gasteiger partial charge in [0.15, 0.2) is 0 Å². The maximum atomic E-state index is 6.71. The number of H-pyrrole nitrogens is 2. The van der Waals surface area contributed by atoms with E-state index in [1.165, 1.54) is 0 Å². The van der Waals surface area contributed by atoms with E-state index in [-0.39, 0.29) is 51.4 Å². The van der Waals surface area contributed by atoms with Crippen LogP contribution in [0.15, 0.2) is 121 Å². The van der Waals surface area contributed by atoms with Crippen LogP contribution in [0.25, 0.3) is 90.9 Å². The molecule has 0 saturated carbocycles. The van der Waals surface area contributed by atoms with E-state index in [9.17, 15) is 0 Å². The molecule has 77 heavy (non-hydrogen) atoms. The second kappa shape index (κ2) is 18.5. The van der Waals surface area contributed by atoms with E-state index in [0.29, 0.717) is 25.7 Å². The zero-order valence-corrected chi connectivity index (χ0v) is 47.6. The maximum Gasteiger partial charge on any atom is 1.00 e. The minimum Gasteiger partial charge on any atom is -0.354 e. The molecule has 0 aliphatic carbocycles. The van der Waals surface area contributed by atoms with Gasteiger partial charge in [-0.25, -0.2) is 9.97 Å². The minimum absolute atomic E-state index is 0. The summed E-state index contributed by atoms with van der Waals surface area (Å²) >= 11 is 0. The maximum absolute atomic E-state index is 6.71. The second-order valence-electron chi connectivity index (χ2n) is 23.9. The summed E-state index contributed by atoms with van der Waals surface area (Å²) in [5.41, 5.74) is 19.0. The van der Waals surface area contributed by atoms with Gasteiger partial charge < -0.3 is 9.97 Å². The zero-order chi connectivity index (χ0) is 53.0. The topological polar surface area (TPSA) is 57.4 Å². The van der Waals surface area contributed by atoms with Gasteiger partial charge in [0.25, 0.3) is 0 Å². The number of aromatic nitrogens is 4. The van der Waals surface area contributed by atoms with Crippen LogP contribution in [0.5, 0.6) is 0 Å². The first-order valence-corrected chi connectivity index (χ1v) is 26.3. The molecule has 4 fully saturated rings. The summed E-state index contributed by atoms with van der Waals surface area (Å²) in [6, 6.07) is 43.0. The van der Waals surface area contributed by atoms with Crippen LogP contribution in [0.1, 0.15) is 72.7 Å². The van der Waals surface area contributed by atoms with Crippen molar-refractivity contribution in [3.63, 3.8) is 0 Å². The summed E-state index contributed by atoms with van der Waals surface area (Å²) in [6.45, 7) is 7.91. The van der Waals surface area contributed by atoms with Gasteiger partial charge in [0.05, 0.1) is 85.5 Å². The van der Waals surface area contributed by atoms with Gasteiger partial charge in [-0.1, -0.05) is 146 Å². The van der Waals surface area contributed by atoms with Gasteiger partial charge in [0.1, 0.15) is 29.1 Å². The standard InChI is InChI=1S/C60H46B12N4.K/c1-53(61)57(65,69-53)29-33-5-13-37(14-6-33)49-41-21-23-43(73-41)50(38-15-7-34(8-16-38)30-58(66)54(2,62)70-58)45-25-27-47(75-45)52(40-19-11-36(12-20-40)32-60(68)56(4,64)72-60)48-28-26-46(76-48)51(44-24-22-42(49)74-44)39-17-9-35(10-18-39)31-59(67)55(3,63)71-59;/h5-28,73,76H,29-32H2,1-4H3;/q;+1. The molecule has 8 unspecified atom stereocenters. The van der Waals surface area contributed by atoms with Crippen LogP contribution in [-0.4, -0.2) is 112 Å². The third kappa shape index (κ3) is 9.54. The summed E-state index contributed by atoms with van der Waals surface area (Å²) in [7, 11) is 60.7. The molecule has 13 rings (SSSR count). The van der Waals surface area contributed by atoms with Crippen molar-refractivity contribution in [2.75, 3.05) is 0 Å². The molecule has 2 N–H and O–H groups in total. The van der Waals surface area contributed by atoms with Crippen molar-refractivity contribution in [3.05, 3.63) is 166 Å². The SMILES string of the molecule is [B]C1(C)[B]C1([B])Cc1ccc(-c2c3nc(c(-c4ccc(CC5([B])[B]C5([B])C)cc4)c4ccc([nH]4)c(-c4ccc(CC5([B])[B]C5([B])C)cc4)c4nc(c(-c5ccc(CC6([B])[B]C6([B])C)cc5)c5ccc2[nH]5)C=C4)C=C3)cc1.[K+]. The minimum atomic E-state index is -0.554. The Hall–Kier alpha value is -4.10. The van der Waals surface area contributed by atoms with Crippen LogP contribution in [0.4, 0.5) is 0 Å². The smallest absolute Gasteiger partial charge is 0.354 e. The van der Waals surface area contributed by atoms with Gasteiger partial charge in [0, 0.05) is 44.3 Å². The molecule has 8 atom stereocenters. The fourth-order valence-electron chi connectivity index (χ4n) is 11.9. The first-order valence-electron chi connectivity index (χ1n) is 26.3. The van der Waals surface area contributed by atoms with Crippen molar-refractivity contribution in [2.45, 2.75) is 95.1 Å². The Morgan fingerprint density at radius 2 is 0.506 bits per heavy atom. The van der Waals surface area contributed by atoms with E-state index in [1.54, 1.807) is 0 Å². The van der Waals surface area contributed by atoms with E-state index in [0.717, 1.165) is 112 Å². The quantitative estimate of drug-likeness (QED) is 0.123. The molecule has 8 bridgehead atoms. The molecular weight excluding hydrogens is 946 g/mol.